The molecule has 0 aliphatic heterocycles. The second kappa shape index (κ2) is 4.94. The number of halogens is 1. The lowest BCUT2D eigenvalue weighted by molar-refractivity contribution is 0.0599. The number of carbonyl (C=O) groups excluding carboxylic acids is 1. The van der Waals surface area contributed by atoms with Crippen LogP contribution in [0.25, 0.3) is 11.3 Å². The third-order valence-corrected chi connectivity index (χ3v) is 3.74. The normalized spacial score (nSPS) is 10.4. The molecular formula is C13H13BrN2O2. The van der Waals surface area contributed by atoms with Crippen molar-refractivity contribution in [2.24, 2.45) is 7.05 Å². The molecule has 18 heavy (non-hydrogen) atoms. The van der Waals surface area contributed by atoms with Gasteiger partial charge in [-0.25, -0.2) is 4.79 Å². The maximum Gasteiger partial charge on any atom is 0.340 e. The van der Waals surface area contributed by atoms with Crippen LogP contribution in [0.4, 0.5) is 0 Å². The topological polar surface area (TPSA) is 44.1 Å². The summed E-state index contributed by atoms with van der Waals surface area (Å²) in [6.45, 7) is 1.89. The Morgan fingerprint density at radius 2 is 2.00 bits per heavy atom. The summed E-state index contributed by atoms with van der Waals surface area (Å²) in [5.41, 5.74) is 3.36. The second-order valence-electron chi connectivity index (χ2n) is 3.91. The molecule has 5 heteroatoms. The van der Waals surface area contributed by atoms with E-state index in [0.717, 1.165) is 21.4 Å². The molecule has 0 amide bonds. The van der Waals surface area contributed by atoms with Crippen molar-refractivity contribution in [3.05, 3.63) is 40.3 Å². The van der Waals surface area contributed by atoms with Crippen LogP contribution in [0, 0.1) is 6.92 Å². The lowest BCUT2D eigenvalue weighted by Gasteiger charge is -2.05. The van der Waals surface area contributed by atoms with Crippen molar-refractivity contribution in [3.8, 4) is 11.3 Å². The predicted molar refractivity (Wildman–Crippen MR) is 72.4 cm³/mol. The zero-order valence-corrected chi connectivity index (χ0v) is 12.0. The van der Waals surface area contributed by atoms with Gasteiger partial charge in [0.05, 0.1) is 22.8 Å². The fourth-order valence-electron chi connectivity index (χ4n) is 1.93. The molecule has 0 saturated heterocycles. The third-order valence-electron chi connectivity index (χ3n) is 2.97. The van der Waals surface area contributed by atoms with Crippen LogP contribution >= 0.6 is 15.9 Å². The molecule has 2 heterocycles. The van der Waals surface area contributed by atoms with E-state index in [9.17, 15) is 4.79 Å². The highest BCUT2D eigenvalue weighted by molar-refractivity contribution is 9.10. The Balaban J connectivity index is 2.68. The zero-order valence-electron chi connectivity index (χ0n) is 10.4. The quantitative estimate of drug-likeness (QED) is 0.801. The van der Waals surface area contributed by atoms with Gasteiger partial charge >= 0.3 is 5.97 Å². The smallest absolute Gasteiger partial charge is 0.340 e. The van der Waals surface area contributed by atoms with Gasteiger partial charge in [-0.3, -0.25) is 4.98 Å². The Morgan fingerprint density at radius 1 is 1.39 bits per heavy atom. The number of esters is 1. The van der Waals surface area contributed by atoms with Crippen molar-refractivity contribution < 1.29 is 9.53 Å². The predicted octanol–water partition coefficient (Wildman–Crippen LogP) is 2.94. The highest BCUT2D eigenvalue weighted by Crippen LogP contribution is 2.35. The molecule has 0 aromatic carbocycles. The summed E-state index contributed by atoms with van der Waals surface area (Å²) in [5, 5.41) is 0. The largest absolute Gasteiger partial charge is 0.465 e. The van der Waals surface area contributed by atoms with Crippen molar-refractivity contribution in [2.75, 3.05) is 7.11 Å². The van der Waals surface area contributed by atoms with Crippen LogP contribution in [0.15, 0.2) is 29.0 Å². The first kappa shape index (κ1) is 12.8. The highest BCUT2D eigenvalue weighted by Gasteiger charge is 2.23. The van der Waals surface area contributed by atoms with Crippen molar-refractivity contribution in [2.45, 2.75) is 6.92 Å². The first-order chi connectivity index (χ1) is 8.57. The lowest BCUT2D eigenvalue weighted by Crippen LogP contribution is -2.03. The average Bonchev–Trinajstić information content (AvgIpc) is 2.61. The highest BCUT2D eigenvalue weighted by atomic mass is 79.9. The summed E-state index contributed by atoms with van der Waals surface area (Å²) < 4.78 is 7.52. The Hall–Kier alpha value is -1.62. The number of carbonyl (C=O) groups is 1. The van der Waals surface area contributed by atoms with E-state index in [2.05, 4.69) is 20.9 Å². The van der Waals surface area contributed by atoms with Crippen LogP contribution < -0.4 is 0 Å². The molecule has 0 N–H and O–H groups in total. The Bertz CT molecular complexity index is 591. The van der Waals surface area contributed by atoms with E-state index < -0.39 is 0 Å². The van der Waals surface area contributed by atoms with E-state index in [1.807, 2.05) is 30.7 Å². The summed E-state index contributed by atoms with van der Waals surface area (Å²) in [6.07, 6.45) is 3.45. The van der Waals surface area contributed by atoms with E-state index in [0.29, 0.717) is 5.56 Å². The average molecular weight is 309 g/mol. The number of hydrogen-bond donors (Lipinski definition) is 0. The molecule has 0 radical (unpaired) electrons. The van der Waals surface area contributed by atoms with E-state index >= 15 is 0 Å². The number of methoxy groups -OCH3 is 1. The van der Waals surface area contributed by atoms with Crippen molar-refractivity contribution in [1.29, 1.82) is 0 Å². The van der Waals surface area contributed by atoms with Crippen LogP contribution in [0.1, 0.15) is 16.1 Å². The van der Waals surface area contributed by atoms with Gasteiger partial charge in [-0.05, 0) is 35.0 Å². The molecule has 2 rings (SSSR count). The van der Waals surface area contributed by atoms with Crippen LogP contribution in [-0.2, 0) is 11.8 Å². The molecule has 0 saturated carbocycles. The molecule has 0 aliphatic carbocycles. The standard InChI is InChI=1S/C13H13BrN2O2/c1-8-10(13(17)18-3)11(14)12(16(8)2)9-4-6-15-7-5-9/h4-7H,1-3H3. The fourth-order valence-corrected chi connectivity index (χ4v) is 2.87. The number of hydrogen-bond acceptors (Lipinski definition) is 3. The summed E-state index contributed by atoms with van der Waals surface area (Å²) in [4.78, 5) is 15.8. The summed E-state index contributed by atoms with van der Waals surface area (Å²) in [7, 11) is 3.30. The Kier molecular flexibility index (Phi) is 3.52. The molecule has 2 aromatic heterocycles. The minimum absolute atomic E-state index is 0.338. The van der Waals surface area contributed by atoms with Crippen LogP contribution in [-0.4, -0.2) is 22.6 Å². The molecule has 94 valence electrons. The third kappa shape index (κ3) is 1.95. The summed E-state index contributed by atoms with van der Waals surface area (Å²) >= 11 is 3.49. The Labute approximate surface area is 114 Å². The molecular weight excluding hydrogens is 296 g/mol. The van der Waals surface area contributed by atoms with Crippen LogP contribution in [0.5, 0.6) is 0 Å². The van der Waals surface area contributed by atoms with Gasteiger partial charge in [0.15, 0.2) is 0 Å². The lowest BCUT2D eigenvalue weighted by atomic mass is 10.2. The van der Waals surface area contributed by atoms with E-state index in [1.54, 1.807) is 12.4 Å². The maximum absolute atomic E-state index is 11.8. The number of aromatic nitrogens is 2. The first-order valence-electron chi connectivity index (χ1n) is 5.41. The van der Waals surface area contributed by atoms with Gasteiger partial charge in [0.1, 0.15) is 0 Å². The molecule has 0 atom stereocenters. The monoisotopic (exact) mass is 308 g/mol. The SMILES string of the molecule is COC(=O)c1c(Br)c(-c2ccncc2)n(C)c1C. The van der Waals surface area contributed by atoms with Crippen molar-refractivity contribution in [3.63, 3.8) is 0 Å². The van der Waals surface area contributed by atoms with Gasteiger partial charge in [-0.15, -0.1) is 0 Å². The van der Waals surface area contributed by atoms with E-state index in [1.165, 1.54) is 7.11 Å². The fraction of sp³-hybridized carbons (Fsp3) is 0.231. The van der Waals surface area contributed by atoms with E-state index in [-0.39, 0.29) is 5.97 Å². The zero-order chi connectivity index (χ0) is 13.3. The van der Waals surface area contributed by atoms with Gasteiger partial charge in [-0.1, -0.05) is 0 Å². The van der Waals surface area contributed by atoms with Gasteiger partial charge in [0.25, 0.3) is 0 Å². The van der Waals surface area contributed by atoms with Crippen molar-refractivity contribution >= 4 is 21.9 Å². The van der Waals surface area contributed by atoms with Gasteiger partial charge in [0.2, 0.25) is 0 Å². The number of rotatable bonds is 2. The first-order valence-corrected chi connectivity index (χ1v) is 6.20. The minimum Gasteiger partial charge on any atom is -0.465 e. The molecule has 0 aliphatic rings. The molecule has 4 nitrogen and oxygen atoms in total. The maximum atomic E-state index is 11.8. The molecule has 2 aromatic rings. The number of nitrogens with zero attached hydrogens (tertiary/aromatic N) is 2. The van der Waals surface area contributed by atoms with Gasteiger partial charge < -0.3 is 9.30 Å². The van der Waals surface area contributed by atoms with Gasteiger partial charge in [0, 0.05) is 30.7 Å². The minimum atomic E-state index is -0.338. The molecule has 0 spiro atoms. The van der Waals surface area contributed by atoms with Crippen LogP contribution in [0.3, 0.4) is 0 Å². The Morgan fingerprint density at radius 3 is 2.56 bits per heavy atom. The second-order valence-corrected chi connectivity index (χ2v) is 4.70. The molecule has 0 unspecified atom stereocenters. The van der Waals surface area contributed by atoms with Crippen molar-refractivity contribution in [1.82, 2.24) is 9.55 Å². The molecule has 0 fully saturated rings. The molecule has 0 bridgehead atoms. The van der Waals surface area contributed by atoms with Gasteiger partial charge in [-0.2, -0.15) is 0 Å². The number of pyridine rings is 1. The van der Waals surface area contributed by atoms with E-state index in [4.69, 9.17) is 4.74 Å². The number of ether oxygens (including phenoxy) is 1. The summed E-state index contributed by atoms with van der Waals surface area (Å²) in [6, 6.07) is 3.81. The summed E-state index contributed by atoms with van der Waals surface area (Å²) in [5.74, 6) is -0.338. The van der Waals surface area contributed by atoms with Crippen LogP contribution in [0.2, 0.25) is 0 Å².